The van der Waals surface area contributed by atoms with Gasteiger partial charge < -0.3 is 15.0 Å². The SMILES string of the molecule is COC(=O)C(CN1CCNCC1)C1CCN(C)CC1. The largest absolute Gasteiger partial charge is 0.469 e. The Morgan fingerprint density at radius 3 is 2.47 bits per heavy atom. The minimum atomic E-state index is -0.0203. The van der Waals surface area contributed by atoms with E-state index in [9.17, 15) is 4.79 Å². The Balaban J connectivity index is 1.92. The van der Waals surface area contributed by atoms with Crippen LogP contribution in [0.25, 0.3) is 0 Å². The Kier molecular flexibility index (Phi) is 5.60. The standard InChI is InChI=1S/C14H27N3O2/c1-16-7-3-12(4-8-16)13(14(18)19-2)11-17-9-5-15-6-10-17/h12-13,15H,3-11H2,1-2H3. The van der Waals surface area contributed by atoms with Crippen LogP contribution in [0, 0.1) is 11.8 Å². The summed E-state index contributed by atoms with van der Waals surface area (Å²) in [5.41, 5.74) is 0. The molecule has 19 heavy (non-hydrogen) atoms. The van der Waals surface area contributed by atoms with Gasteiger partial charge in [0.05, 0.1) is 13.0 Å². The summed E-state index contributed by atoms with van der Waals surface area (Å²) in [6, 6.07) is 0. The summed E-state index contributed by atoms with van der Waals surface area (Å²) in [6.45, 7) is 7.20. The van der Waals surface area contributed by atoms with E-state index in [1.54, 1.807) is 0 Å². The van der Waals surface area contributed by atoms with Gasteiger partial charge in [-0.05, 0) is 38.9 Å². The van der Waals surface area contributed by atoms with Gasteiger partial charge >= 0.3 is 5.97 Å². The molecule has 0 spiro atoms. The Labute approximate surface area is 116 Å². The smallest absolute Gasteiger partial charge is 0.310 e. The van der Waals surface area contributed by atoms with Crippen molar-refractivity contribution in [2.45, 2.75) is 12.8 Å². The molecule has 2 fully saturated rings. The molecular weight excluding hydrogens is 242 g/mol. The number of methoxy groups -OCH3 is 1. The third kappa shape index (κ3) is 4.16. The van der Waals surface area contributed by atoms with Crippen LogP contribution >= 0.6 is 0 Å². The first-order valence-corrected chi connectivity index (χ1v) is 7.40. The van der Waals surface area contributed by atoms with Crippen molar-refractivity contribution in [2.24, 2.45) is 11.8 Å². The lowest BCUT2D eigenvalue weighted by Gasteiger charge is -2.36. The molecule has 1 N–H and O–H groups in total. The summed E-state index contributed by atoms with van der Waals surface area (Å²) in [7, 11) is 3.67. The summed E-state index contributed by atoms with van der Waals surface area (Å²) >= 11 is 0. The van der Waals surface area contributed by atoms with Gasteiger partial charge in [0.2, 0.25) is 0 Å². The molecule has 0 aromatic rings. The molecule has 2 aliphatic rings. The first-order valence-electron chi connectivity index (χ1n) is 7.40. The van der Waals surface area contributed by atoms with Crippen molar-refractivity contribution in [2.75, 3.05) is 60.0 Å². The molecule has 2 aliphatic heterocycles. The van der Waals surface area contributed by atoms with Crippen molar-refractivity contribution in [3.05, 3.63) is 0 Å². The topological polar surface area (TPSA) is 44.8 Å². The van der Waals surface area contributed by atoms with Crippen LogP contribution in [0.4, 0.5) is 0 Å². The van der Waals surface area contributed by atoms with E-state index in [1.807, 2.05) is 0 Å². The number of hydrogen-bond donors (Lipinski definition) is 1. The highest BCUT2D eigenvalue weighted by atomic mass is 16.5. The van der Waals surface area contributed by atoms with Crippen molar-refractivity contribution in [3.63, 3.8) is 0 Å². The van der Waals surface area contributed by atoms with Gasteiger partial charge in [0.1, 0.15) is 0 Å². The molecule has 0 aromatic heterocycles. The molecule has 0 bridgehead atoms. The maximum atomic E-state index is 12.1. The van der Waals surface area contributed by atoms with Crippen LogP contribution in [0.15, 0.2) is 0 Å². The van der Waals surface area contributed by atoms with Gasteiger partial charge in [-0.15, -0.1) is 0 Å². The number of esters is 1. The van der Waals surface area contributed by atoms with Gasteiger partial charge in [-0.2, -0.15) is 0 Å². The third-order valence-electron chi connectivity index (χ3n) is 4.50. The molecule has 2 saturated heterocycles. The normalized spacial score (nSPS) is 25.2. The summed E-state index contributed by atoms with van der Waals surface area (Å²) < 4.78 is 5.04. The maximum absolute atomic E-state index is 12.1. The van der Waals surface area contributed by atoms with Crippen LogP contribution in [0.1, 0.15) is 12.8 Å². The van der Waals surface area contributed by atoms with Gasteiger partial charge in [0.25, 0.3) is 0 Å². The first-order chi connectivity index (χ1) is 9.20. The molecule has 0 radical (unpaired) electrons. The first kappa shape index (κ1) is 14.8. The summed E-state index contributed by atoms with van der Waals surface area (Å²) in [6.07, 6.45) is 2.23. The minimum Gasteiger partial charge on any atom is -0.469 e. The second kappa shape index (κ2) is 7.22. The number of piperazine rings is 1. The van der Waals surface area contributed by atoms with Crippen molar-refractivity contribution in [1.82, 2.24) is 15.1 Å². The highest BCUT2D eigenvalue weighted by molar-refractivity contribution is 5.73. The highest BCUT2D eigenvalue weighted by Gasteiger charge is 2.33. The van der Waals surface area contributed by atoms with Crippen LogP contribution < -0.4 is 5.32 Å². The Hall–Kier alpha value is -0.650. The zero-order chi connectivity index (χ0) is 13.7. The molecule has 5 nitrogen and oxygen atoms in total. The molecule has 2 heterocycles. The molecule has 110 valence electrons. The highest BCUT2D eigenvalue weighted by Crippen LogP contribution is 2.26. The molecule has 0 amide bonds. The maximum Gasteiger partial charge on any atom is 0.310 e. The number of nitrogens with zero attached hydrogens (tertiary/aromatic N) is 2. The molecule has 2 rings (SSSR count). The molecule has 1 unspecified atom stereocenters. The monoisotopic (exact) mass is 269 g/mol. The van der Waals surface area contributed by atoms with E-state index in [1.165, 1.54) is 7.11 Å². The van der Waals surface area contributed by atoms with Gasteiger partial charge in [-0.25, -0.2) is 0 Å². The van der Waals surface area contributed by atoms with Crippen LogP contribution in [-0.4, -0.2) is 75.7 Å². The van der Waals surface area contributed by atoms with Crippen LogP contribution in [0.2, 0.25) is 0 Å². The molecule has 5 heteroatoms. The average Bonchev–Trinajstić information content (AvgIpc) is 2.46. The van der Waals surface area contributed by atoms with Crippen molar-refractivity contribution in [3.8, 4) is 0 Å². The number of rotatable bonds is 4. The van der Waals surface area contributed by atoms with Gasteiger partial charge in [0, 0.05) is 32.7 Å². The second-order valence-electron chi connectivity index (χ2n) is 5.82. The summed E-state index contributed by atoms with van der Waals surface area (Å²) in [4.78, 5) is 16.8. The average molecular weight is 269 g/mol. The Morgan fingerprint density at radius 2 is 1.89 bits per heavy atom. The van der Waals surface area contributed by atoms with Crippen molar-refractivity contribution >= 4 is 5.97 Å². The number of likely N-dealkylation sites (tertiary alicyclic amines) is 1. The number of ether oxygens (including phenoxy) is 1. The molecule has 1 atom stereocenters. The van der Waals surface area contributed by atoms with Crippen molar-refractivity contribution in [1.29, 1.82) is 0 Å². The Bertz CT molecular complexity index is 284. The number of carbonyl (C=O) groups excluding carboxylic acids is 1. The zero-order valence-corrected chi connectivity index (χ0v) is 12.2. The predicted octanol–water partition coefficient (Wildman–Crippen LogP) is 0.0226. The number of piperidine rings is 1. The number of hydrogen-bond acceptors (Lipinski definition) is 5. The summed E-state index contributed by atoms with van der Waals surface area (Å²) in [5, 5.41) is 3.35. The van der Waals surface area contributed by atoms with Gasteiger partial charge in [0.15, 0.2) is 0 Å². The van der Waals surface area contributed by atoms with Crippen molar-refractivity contribution < 1.29 is 9.53 Å². The minimum absolute atomic E-state index is 0.0203. The molecule has 0 saturated carbocycles. The fourth-order valence-electron chi connectivity index (χ4n) is 3.17. The lowest BCUT2D eigenvalue weighted by atomic mass is 9.84. The predicted molar refractivity (Wildman–Crippen MR) is 75.0 cm³/mol. The summed E-state index contributed by atoms with van der Waals surface area (Å²) in [5.74, 6) is 0.517. The van der Waals surface area contributed by atoms with E-state index in [0.717, 1.165) is 58.7 Å². The number of nitrogens with one attached hydrogen (secondary N) is 1. The molecule has 0 aromatic carbocycles. The van der Waals surface area contributed by atoms with E-state index < -0.39 is 0 Å². The van der Waals surface area contributed by atoms with E-state index in [0.29, 0.717) is 5.92 Å². The van der Waals surface area contributed by atoms with E-state index in [2.05, 4.69) is 22.2 Å². The second-order valence-corrected chi connectivity index (χ2v) is 5.82. The fraction of sp³-hybridized carbons (Fsp3) is 0.929. The van der Waals surface area contributed by atoms with E-state index in [-0.39, 0.29) is 11.9 Å². The lowest BCUT2D eigenvalue weighted by molar-refractivity contribution is -0.149. The number of carbonyl (C=O) groups is 1. The van der Waals surface area contributed by atoms with E-state index in [4.69, 9.17) is 4.74 Å². The van der Waals surface area contributed by atoms with Crippen LogP contribution in [0.5, 0.6) is 0 Å². The third-order valence-corrected chi connectivity index (χ3v) is 4.50. The lowest BCUT2D eigenvalue weighted by Crippen LogP contribution is -2.48. The van der Waals surface area contributed by atoms with E-state index >= 15 is 0 Å². The van der Waals surface area contributed by atoms with Gasteiger partial charge in [-0.3, -0.25) is 9.69 Å². The van der Waals surface area contributed by atoms with Gasteiger partial charge in [-0.1, -0.05) is 0 Å². The Morgan fingerprint density at radius 1 is 1.26 bits per heavy atom. The molecular formula is C14H27N3O2. The zero-order valence-electron chi connectivity index (χ0n) is 12.2. The fourth-order valence-corrected chi connectivity index (χ4v) is 3.17. The van der Waals surface area contributed by atoms with Crippen LogP contribution in [0.3, 0.4) is 0 Å². The molecule has 0 aliphatic carbocycles. The van der Waals surface area contributed by atoms with Crippen LogP contribution in [-0.2, 0) is 9.53 Å². The quantitative estimate of drug-likeness (QED) is 0.729.